The monoisotopic (exact) mass is 233 g/mol. The summed E-state index contributed by atoms with van der Waals surface area (Å²) in [6, 6.07) is 12.4. The zero-order valence-corrected chi connectivity index (χ0v) is 9.62. The summed E-state index contributed by atoms with van der Waals surface area (Å²) >= 11 is 0. The van der Waals surface area contributed by atoms with E-state index in [1.165, 1.54) is 17.0 Å². The number of nitrogens with one attached hydrogen (secondary N) is 3. The van der Waals surface area contributed by atoms with E-state index in [1.54, 1.807) is 6.08 Å². The third-order valence-electron chi connectivity index (χ3n) is 3.46. The number of anilines is 1. The minimum atomic E-state index is 0.982. The van der Waals surface area contributed by atoms with Crippen LogP contribution in [0, 0.1) is 5.41 Å². The molecule has 0 fully saturated rings. The predicted molar refractivity (Wildman–Crippen MR) is 76.2 cm³/mol. The van der Waals surface area contributed by atoms with Gasteiger partial charge in [-0.3, -0.25) is 0 Å². The molecular weight excluding hydrogens is 222 g/mol. The van der Waals surface area contributed by atoms with Gasteiger partial charge in [0.05, 0.1) is 0 Å². The van der Waals surface area contributed by atoms with Gasteiger partial charge in [0.2, 0.25) is 0 Å². The largest absolute Gasteiger partial charge is 0.354 e. The van der Waals surface area contributed by atoms with E-state index in [1.807, 2.05) is 12.1 Å². The van der Waals surface area contributed by atoms with Crippen LogP contribution < -0.4 is 5.32 Å². The van der Waals surface area contributed by atoms with Gasteiger partial charge in [0.15, 0.2) is 0 Å². The maximum absolute atomic E-state index is 7.27. The second-order valence-electron chi connectivity index (χ2n) is 4.45. The molecule has 0 unspecified atom stereocenters. The molecule has 86 valence electrons. The Morgan fingerprint density at radius 3 is 2.56 bits per heavy atom. The molecule has 2 heterocycles. The van der Waals surface area contributed by atoms with Gasteiger partial charge in [-0.1, -0.05) is 18.2 Å². The first-order valence-corrected chi connectivity index (χ1v) is 5.90. The van der Waals surface area contributed by atoms with Gasteiger partial charge in [-0.05, 0) is 24.3 Å². The fraction of sp³-hybridized carbons (Fsp3) is 0. The number of allylic oxidation sites excluding steroid dienone is 1. The van der Waals surface area contributed by atoms with Crippen LogP contribution in [-0.4, -0.2) is 11.2 Å². The van der Waals surface area contributed by atoms with E-state index < -0.39 is 0 Å². The van der Waals surface area contributed by atoms with E-state index in [9.17, 15) is 0 Å². The highest BCUT2D eigenvalue weighted by molar-refractivity contribution is 6.21. The summed E-state index contributed by atoms with van der Waals surface area (Å²) in [5, 5.41) is 13.2. The molecule has 0 bridgehead atoms. The van der Waals surface area contributed by atoms with Crippen molar-refractivity contribution in [2.45, 2.75) is 0 Å². The Morgan fingerprint density at radius 1 is 0.944 bits per heavy atom. The fourth-order valence-corrected chi connectivity index (χ4v) is 2.75. The first-order chi connectivity index (χ1) is 8.88. The van der Waals surface area contributed by atoms with Crippen LogP contribution in [0.1, 0.15) is 5.56 Å². The van der Waals surface area contributed by atoms with E-state index in [2.05, 4.69) is 34.6 Å². The zero-order chi connectivity index (χ0) is 12.1. The molecule has 0 spiro atoms. The normalized spacial score (nSPS) is 15.4. The summed E-state index contributed by atoms with van der Waals surface area (Å²) in [5.74, 6) is 0. The Balaban J connectivity index is 2.29. The second kappa shape index (κ2) is 3.23. The SMILES string of the molecule is N=C/C=C1\Nc2cccc3[nH]c4cccc1c4c23. The van der Waals surface area contributed by atoms with Crippen LogP contribution >= 0.6 is 0 Å². The van der Waals surface area contributed by atoms with Crippen molar-refractivity contribution in [1.29, 1.82) is 5.41 Å². The number of rotatable bonds is 1. The van der Waals surface area contributed by atoms with Crippen molar-refractivity contribution in [1.82, 2.24) is 4.98 Å². The molecule has 3 N–H and O–H groups in total. The maximum atomic E-state index is 7.27. The highest BCUT2D eigenvalue weighted by atomic mass is 14.9. The van der Waals surface area contributed by atoms with Gasteiger partial charge in [-0.2, -0.15) is 0 Å². The molecule has 0 atom stereocenters. The fourth-order valence-electron chi connectivity index (χ4n) is 2.75. The van der Waals surface area contributed by atoms with E-state index >= 15 is 0 Å². The highest BCUT2D eigenvalue weighted by Crippen LogP contribution is 2.40. The third-order valence-corrected chi connectivity index (χ3v) is 3.46. The van der Waals surface area contributed by atoms with Gasteiger partial charge in [0, 0.05) is 45.0 Å². The van der Waals surface area contributed by atoms with Crippen LogP contribution in [0.5, 0.6) is 0 Å². The second-order valence-corrected chi connectivity index (χ2v) is 4.45. The molecule has 4 rings (SSSR count). The third kappa shape index (κ3) is 1.06. The quantitative estimate of drug-likeness (QED) is 0.551. The number of benzene rings is 2. The Hall–Kier alpha value is -2.55. The number of aromatic nitrogens is 1. The molecule has 0 saturated heterocycles. The lowest BCUT2D eigenvalue weighted by atomic mass is 9.98. The average molecular weight is 233 g/mol. The highest BCUT2D eigenvalue weighted by Gasteiger charge is 2.19. The van der Waals surface area contributed by atoms with Gasteiger partial charge in [-0.25, -0.2) is 0 Å². The topological polar surface area (TPSA) is 51.7 Å². The molecular formula is C15H11N3. The minimum absolute atomic E-state index is 0.982. The molecule has 1 aliphatic heterocycles. The smallest absolute Gasteiger partial charge is 0.0486 e. The van der Waals surface area contributed by atoms with Crippen LogP contribution in [0.3, 0.4) is 0 Å². The first-order valence-electron chi connectivity index (χ1n) is 5.90. The van der Waals surface area contributed by atoms with Gasteiger partial charge >= 0.3 is 0 Å². The van der Waals surface area contributed by atoms with Crippen molar-refractivity contribution in [3.05, 3.63) is 48.0 Å². The summed E-state index contributed by atoms with van der Waals surface area (Å²) in [4.78, 5) is 3.44. The van der Waals surface area contributed by atoms with Crippen LogP contribution in [0.4, 0.5) is 5.69 Å². The van der Waals surface area contributed by atoms with Gasteiger partial charge in [0.25, 0.3) is 0 Å². The van der Waals surface area contributed by atoms with Crippen LogP contribution in [0.25, 0.3) is 27.5 Å². The van der Waals surface area contributed by atoms with Gasteiger partial charge < -0.3 is 15.7 Å². The summed E-state index contributed by atoms with van der Waals surface area (Å²) in [7, 11) is 0. The van der Waals surface area contributed by atoms with Crippen molar-refractivity contribution in [2.75, 3.05) is 5.32 Å². The molecule has 3 heteroatoms. The Kier molecular flexibility index (Phi) is 1.70. The lowest BCUT2D eigenvalue weighted by Gasteiger charge is -2.18. The van der Waals surface area contributed by atoms with Crippen LogP contribution in [0.15, 0.2) is 42.5 Å². The zero-order valence-electron chi connectivity index (χ0n) is 9.62. The molecule has 18 heavy (non-hydrogen) atoms. The number of hydrogen-bond donors (Lipinski definition) is 3. The van der Waals surface area contributed by atoms with Crippen molar-refractivity contribution >= 4 is 39.4 Å². The standard InChI is InChI=1S/C15H11N3/c16-8-7-10-9-3-1-4-11-14(9)15-12(17-10)5-2-6-13(15)18-11/h1-8,16-18H/b10-7-,16-8?. The molecule has 0 saturated carbocycles. The minimum Gasteiger partial charge on any atom is -0.354 e. The molecule has 3 aromatic rings. The van der Waals surface area contributed by atoms with Gasteiger partial charge in [0.1, 0.15) is 0 Å². The van der Waals surface area contributed by atoms with Crippen molar-refractivity contribution in [3.8, 4) is 0 Å². The predicted octanol–water partition coefficient (Wildman–Crippen LogP) is 3.74. The molecule has 0 radical (unpaired) electrons. The molecule has 1 aliphatic rings. The molecule has 0 amide bonds. The lowest BCUT2D eigenvalue weighted by Crippen LogP contribution is -2.04. The summed E-state index contributed by atoms with van der Waals surface area (Å²) in [5.41, 5.74) is 5.53. The number of aromatic amines is 1. The first kappa shape index (κ1) is 9.48. The summed E-state index contributed by atoms with van der Waals surface area (Å²) < 4.78 is 0. The molecule has 2 aromatic carbocycles. The van der Waals surface area contributed by atoms with Crippen LogP contribution in [0.2, 0.25) is 0 Å². The van der Waals surface area contributed by atoms with E-state index in [-0.39, 0.29) is 0 Å². The number of H-pyrrole nitrogens is 1. The molecule has 0 aliphatic carbocycles. The Morgan fingerprint density at radius 2 is 1.72 bits per heavy atom. The Labute approximate surface area is 104 Å². The lowest BCUT2D eigenvalue weighted by molar-refractivity contribution is 1.55. The Bertz CT molecular complexity index is 824. The van der Waals surface area contributed by atoms with Gasteiger partial charge in [-0.15, -0.1) is 0 Å². The van der Waals surface area contributed by atoms with Crippen molar-refractivity contribution in [2.24, 2.45) is 0 Å². The maximum Gasteiger partial charge on any atom is 0.0486 e. The van der Waals surface area contributed by atoms with Crippen molar-refractivity contribution < 1.29 is 0 Å². The average Bonchev–Trinajstić information content (AvgIpc) is 2.77. The van der Waals surface area contributed by atoms with Crippen LogP contribution in [-0.2, 0) is 0 Å². The van der Waals surface area contributed by atoms with E-state index in [0.717, 1.165) is 28.0 Å². The van der Waals surface area contributed by atoms with E-state index in [0.29, 0.717) is 0 Å². The molecule has 1 aromatic heterocycles. The number of hydrogen-bond acceptors (Lipinski definition) is 2. The summed E-state index contributed by atoms with van der Waals surface area (Å²) in [6.07, 6.45) is 3.11. The summed E-state index contributed by atoms with van der Waals surface area (Å²) in [6.45, 7) is 0. The van der Waals surface area contributed by atoms with Crippen molar-refractivity contribution in [3.63, 3.8) is 0 Å². The molecule has 3 nitrogen and oxygen atoms in total. The van der Waals surface area contributed by atoms with E-state index in [4.69, 9.17) is 5.41 Å².